The predicted octanol–water partition coefficient (Wildman–Crippen LogP) is 0.0686. The van der Waals surface area contributed by atoms with E-state index in [4.69, 9.17) is 16.7 Å². The number of carbonyl (C=O) groups is 1. The van der Waals surface area contributed by atoms with Gasteiger partial charge in [0.15, 0.2) is 0 Å². The van der Waals surface area contributed by atoms with E-state index in [0.29, 0.717) is 25.0 Å². The molecule has 0 aromatic rings. The highest BCUT2D eigenvalue weighted by Gasteiger charge is 2.35. The monoisotopic (exact) mass is 309 g/mol. The van der Waals surface area contributed by atoms with E-state index in [1.165, 1.54) is 12.2 Å². The SMILES string of the molecule is C#CC1=CC(S(N)(=O)=O)=CCC1C=[N+]1CCC[C@H]1C(=O)O. The Balaban J connectivity index is 2.28. The van der Waals surface area contributed by atoms with Gasteiger partial charge in [-0.3, -0.25) is 0 Å². The van der Waals surface area contributed by atoms with Crippen LogP contribution in [0.1, 0.15) is 19.3 Å². The molecule has 0 aromatic carbocycles. The van der Waals surface area contributed by atoms with Crippen molar-refractivity contribution in [3.05, 3.63) is 22.6 Å². The normalized spacial score (nSPS) is 27.9. The van der Waals surface area contributed by atoms with Crippen LogP contribution in [0.25, 0.3) is 0 Å². The van der Waals surface area contributed by atoms with Crippen LogP contribution in [0.3, 0.4) is 0 Å². The minimum Gasteiger partial charge on any atom is -0.476 e. The van der Waals surface area contributed by atoms with E-state index in [9.17, 15) is 13.2 Å². The zero-order valence-corrected chi connectivity index (χ0v) is 12.2. The zero-order chi connectivity index (χ0) is 15.6. The van der Waals surface area contributed by atoms with Crippen LogP contribution in [0.2, 0.25) is 0 Å². The van der Waals surface area contributed by atoms with Gasteiger partial charge in [0.05, 0.1) is 10.8 Å². The fraction of sp³-hybridized carbons (Fsp3) is 0.429. The molecule has 1 unspecified atom stereocenters. The smallest absolute Gasteiger partial charge is 0.372 e. The Morgan fingerprint density at radius 2 is 2.29 bits per heavy atom. The molecule has 21 heavy (non-hydrogen) atoms. The van der Waals surface area contributed by atoms with Gasteiger partial charge < -0.3 is 5.11 Å². The molecular formula is C14H17N2O4S+. The summed E-state index contributed by atoms with van der Waals surface area (Å²) in [5, 5.41) is 14.3. The second-order valence-electron chi connectivity index (χ2n) is 5.12. The van der Waals surface area contributed by atoms with Crippen molar-refractivity contribution in [2.24, 2.45) is 11.1 Å². The standard InChI is InChI=1S/C14H16N2O4S/c1-2-10-8-12(21(15,19)20)6-5-11(10)9-16-7-3-4-13(16)14(17)18/h1,6,8-9,11,13H,3-5,7H2,(H2-,15,17,18,19,20)/p+1/t11?,13-/m0/s1. The first-order valence-electron chi connectivity index (χ1n) is 6.57. The summed E-state index contributed by atoms with van der Waals surface area (Å²) in [5.74, 6) is 1.42. The van der Waals surface area contributed by atoms with Gasteiger partial charge in [-0.2, -0.15) is 0 Å². The van der Waals surface area contributed by atoms with Crippen molar-refractivity contribution in [3.8, 4) is 12.3 Å². The summed E-state index contributed by atoms with van der Waals surface area (Å²) in [4.78, 5) is 11.2. The van der Waals surface area contributed by atoms with Crippen molar-refractivity contribution >= 4 is 22.2 Å². The number of sulfonamides is 1. The molecule has 2 atom stereocenters. The van der Waals surface area contributed by atoms with Crippen LogP contribution in [0.5, 0.6) is 0 Å². The number of allylic oxidation sites excluding steroid dienone is 3. The Morgan fingerprint density at radius 3 is 2.86 bits per heavy atom. The first-order chi connectivity index (χ1) is 9.82. The quantitative estimate of drug-likeness (QED) is 0.569. The highest BCUT2D eigenvalue weighted by atomic mass is 32.2. The van der Waals surface area contributed by atoms with Crippen LogP contribution >= 0.6 is 0 Å². The maximum absolute atomic E-state index is 11.3. The first kappa shape index (κ1) is 15.5. The molecule has 6 nitrogen and oxygen atoms in total. The maximum Gasteiger partial charge on any atom is 0.372 e. The summed E-state index contributed by atoms with van der Waals surface area (Å²) in [6.45, 7) is 0.664. The Morgan fingerprint density at radius 1 is 1.57 bits per heavy atom. The van der Waals surface area contributed by atoms with Crippen molar-refractivity contribution in [3.63, 3.8) is 0 Å². The third-order valence-electron chi connectivity index (χ3n) is 3.72. The molecule has 0 radical (unpaired) electrons. The lowest BCUT2D eigenvalue weighted by atomic mass is 9.93. The fourth-order valence-electron chi connectivity index (χ4n) is 2.64. The molecule has 0 aromatic heterocycles. The van der Waals surface area contributed by atoms with Crippen LogP contribution in [-0.4, -0.2) is 42.9 Å². The number of aliphatic carboxylic acids is 1. The molecule has 112 valence electrons. The van der Waals surface area contributed by atoms with Crippen molar-refractivity contribution in [2.45, 2.75) is 25.3 Å². The lowest BCUT2D eigenvalue weighted by Crippen LogP contribution is -2.31. The highest BCUT2D eigenvalue weighted by molar-refractivity contribution is 7.93. The predicted molar refractivity (Wildman–Crippen MR) is 78.1 cm³/mol. The average molecular weight is 309 g/mol. The van der Waals surface area contributed by atoms with Crippen molar-refractivity contribution in [2.75, 3.05) is 6.54 Å². The lowest BCUT2D eigenvalue weighted by molar-refractivity contribution is -0.530. The largest absolute Gasteiger partial charge is 0.476 e. The van der Waals surface area contributed by atoms with Crippen LogP contribution in [0, 0.1) is 18.3 Å². The molecule has 7 heteroatoms. The molecule has 2 aliphatic rings. The average Bonchev–Trinajstić information content (AvgIpc) is 2.86. The molecule has 1 fully saturated rings. The molecule has 0 spiro atoms. The van der Waals surface area contributed by atoms with Crippen molar-refractivity contribution in [1.29, 1.82) is 0 Å². The summed E-state index contributed by atoms with van der Waals surface area (Å²) >= 11 is 0. The molecule has 0 amide bonds. The van der Waals surface area contributed by atoms with Gasteiger partial charge in [0.2, 0.25) is 16.1 Å². The summed E-state index contributed by atoms with van der Waals surface area (Å²) < 4.78 is 24.4. The highest BCUT2D eigenvalue weighted by Crippen LogP contribution is 2.25. The third-order valence-corrected chi connectivity index (χ3v) is 4.66. The first-order valence-corrected chi connectivity index (χ1v) is 8.12. The lowest BCUT2D eigenvalue weighted by Gasteiger charge is -2.15. The Kier molecular flexibility index (Phi) is 4.30. The van der Waals surface area contributed by atoms with E-state index in [1.54, 1.807) is 10.8 Å². The second kappa shape index (κ2) is 5.84. The van der Waals surface area contributed by atoms with Crippen LogP contribution < -0.4 is 5.14 Å². The Labute approximate surface area is 123 Å². The van der Waals surface area contributed by atoms with Crippen molar-refractivity contribution < 1.29 is 22.9 Å². The van der Waals surface area contributed by atoms with Gasteiger partial charge in [-0.15, -0.1) is 6.42 Å². The van der Waals surface area contributed by atoms with Gasteiger partial charge in [0.25, 0.3) is 0 Å². The van der Waals surface area contributed by atoms with E-state index >= 15 is 0 Å². The number of primary sulfonamides is 1. The van der Waals surface area contributed by atoms with E-state index in [1.807, 2.05) is 0 Å². The molecule has 1 heterocycles. The number of carboxylic acid groups (broad SMARTS) is 1. The van der Waals surface area contributed by atoms with Crippen molar-refractivity contribution in [1.82, 2.24) is 0 Å². The fourth-order valence-corrected chi connectivity index (χ4v) is 3.26. The zero-order valence-electron chi connectivity index (χ0n) is 11.4. The minimum absolute atomic E-state index is 0.0105. The van der Waals surface area contributed by atoms with E-state index in [2.05, 4.69) is 5.92 Å². The molecule has 0 saturated carbocycles. The Bertz CT molecular complexity index is 695. The van der Waals surface area contributed by atoms with Gasteiger partial charge in [0, 0.05) is 18.4 Å². The number of terminal acetylenes is 1. The molecule has 1 saturated heterocycles. The number of hydrogen-bond acceptors (Lipinski definition) is 3. The topological polar surface area (TPSA) is 100 Å². The van der Waals surface area contributed by atoms with Crippen LogP contribution in [0.15, 0.2) is 22.6 Å². The van der Waals surface area contributed by atoms with Crippen LogP contribution in [0.4, 0.5) is 0 Å². The van der Waals surface area contributed by atoms with E-state index in [-0.39, 0.29) is 10.8 Å². The summed E-state index contributed by atoms with van der Waals surface area (Å²) in [6.07, 6.45) is 11.9. The summed E-state index contributed by atoms with van der Waals surface area (Å²) in [5.41, 5.74) is 0.498. The number of nitrogens with two attached hydrogens (primary N) is 1. The molecule has 2 rings (SSSR count). The van der Waals surface area contributed by atoms with Crippen LogP contribution in [-0.2, 0) is 14.8 Å². The molecular weight excluding hydrogens is 292 g/mol. The molecule has 1 aliphatic heterocycles. The van der Waals surface area contributed by atoms with Gasteiger partial charge >= 0.3 is 5.97 Å². The maximum atomic E-state index is 11.3. The molecule has 3 N–H and O–H groups in total. The number of hydrogen-bond donors (Lipinski definition) is 2. The molecule has 0 bridgehead atoms. The van der Waals surface area contributed by atoms with E-state index in [0.717, 1.165) is 6.42 Å². The van der Waals surface area contributed by atoms with E-state index < -0.39 is 22.0 Å². The number of carboxylic acids is 1. The molecule has 1 aliphatic carbocycles. The number of rotatable bonds is 3. The second-order valence-corrected chi connectivity index (χ2v) is 6.68. The van der Waals surface area contributed by atoms with Gasteiger partial charge in [0.1, 0.15) is 12.8 Å². The summed E-state index contributed by atoms with van der Waals surface area (Å²) in [7, 11) is -3.78. The third kappa shape index (κ3) is 3.40. The van der Waals surface area contributed by atoms with Gasteiger partial charge in [-0.05, 0) is 12.5 Å². The van der Waals surface area contributed by atoms with Gasteiger partial charge in [-0.1, -0.05) is 12.0 Å². The van der Waals surface area contributed by atoms with Gasteiger partial charge in [-0.25, -0.2) is 22.9 Å². The minimum atomic E-state index is -3.78. The summed E-state index contributed by atoms with van der Waals surface area (Å²) in [6, 6.07) is -0.535. The number of nitrogens with zero attached hydrogens (tertiary/aromatic N) is 1. The Hall–Kier alpha value is -1.91.